The van der Waals surface area contributed by atoms with Crippen molar-refractivity contribution < 1.29 is 4.39 Å². The van der Waals surface area contributed by atoms with Crippen LogP contribution in [0.15, 0.2) is 79.0 Å². The van der Waals surface area contributed by atoms with Crippen molar-refractivity contribution in [2.24, 2.45) is 0 Å². The fraction of sp³-hybridized carbons (Fsp3) is 0.214. The molecule has 5 rings (SSSR count). The van der Waals surface area contributed by atoms with Gasteiger partial charge in [-0.15, -0.1) is 0 Å². The summed E-state index contributed by atoms with van der Waals surface area (Å²) in [5, 5.41) is 4.17. The molecule has 6 heteroatoms. The van der Waals surface area contributed by atoms with Gasteiger partial charge in [0.25, 0.3) is 0 Å². The van der Waals surface area contributed by atoms with E-state index in [1.807, 2.05) is 48.7 Å². The Morgan fingerprint density at radius 1 is 1.00 bits per heavy atom. The van der Waals surface area contributed by atoms with Crippen LogP contribution in [-0.4, -0.2) is 14.7 Å². The van der Waals surface area contributed by atoms with Crippen LogP contribution in [0.1, 0.15) is 47.2 Å². The molecule has 0 unspecified atom stereocenters. The highest BCUT2D eigenvalue weighted by molar-refractivity contribution is 7.80. The lowest BCUT2D eigenvalue weighted by atomic mass is 9.96. The summed E-state index contributed by atoms with van der Waals surface area (Å²) in [6.07, 6.45) is 2.78. The van der Waals surface area contributed by atoms with Crippen molar-refractivity contribution in [3.8, 4) is 5.69 Å². The topological polar surface area (TPSA) is 33.1 Å². The van der Waals surface area contributed by atoms with Gasteiger partial charge in [0.2, 0.25) is 0 Å². The van der Waals surface area contributed by atoms with Gasteiger partial charge in [0.15, 0.2) is 5.11 Å². The Labute approximate surface area is 205 Å². The van der Waals surface area contributed by atoms with E-state index in [1.54, 1.807) is 12.3 Å². The molecule has 4 nitrogen and oxygen atoms in total. The maximum Gasteiger partial charge on any atom is 0.174 e. The van der Waals surface area contributed by atoms with Gasteiger partial charge in [-0.05, 0) is 86.1 Å². The monoisotopic (exact) mass is 470 g/mol. The predicted octanol–water partition coefficient (Wildman–Crippen LogP) is 6.37. The Bertz CT molecular complexity index is 1330. The number of benzene rings is 2. The highest BCUT2D eigenvalue weighted by Gasteiger charge is 2.42. The summed E-state index contributed by atoms with van der Waals surface area (Å²) in [5.74, 6) is -0.246. The van der Waals surface area contributed by atoms with Crippen LogP contribution < -0.4 is 10.2 Å². The average molecular weight is 471 g/mol. The van der Waals surface area contributed by atoms with Crippen molar-refractivity contribution in [3.63, 3.8) is 0 Å². The van der Waals surface area contributed by atoms with Gasteiger partial charge in [0.05, 0.1) is 23.5 Å². The predicted molar refractivity (Wildman–Crippen MR) is 139 cm³/mol. The van der Waals surface area contributed by atoms with Gasteiger partial charge in [0, 0.05) is 23.3 Å². The molecule has 3 heterocycles. The van der Waals surface area contributed by atoms with Crippen LogP contribution in [0.4, 0.5) is 10.1 Å². The molecule has 2 atom stereocenters. The highest BCUT2D eigenvalue weighted by atomic mass is 32.1. The van der Waals surface area contributed by atoms with Crippen molar-refractivity contribution in [1.82, 2.24) is 14.9 Å². The van der Waals surface area contributed by atoms with Crippen molar-refractivity contribution in [2.75, 3.05) is 4.90 Å². The maximum absolute atomic E-state index is 14.8. The first-order chi connectivity index (χ1) is 16.5. The van der Waals surface area contributed by atoms with E-state index in [2.05, 4.69) is 52.5 Å². The van der Waals surface area contributed by atoms with E-state index in [9.17, 15) is 4.39 Å². The van der Waals surface area contributed by atoms with Crippen LogP contribution in [0.3, 0.4) is 0 Å². The standard InChI is InChI=1S/C28H27FN4S/c1-4-20-12-14-21(15-13-20)33-27(26(31-28(33)34)24-10-7-8-16-30-24)22-17-18(2)32(19(22)3)25-11-6-5-9-23(25)29/h5-17,26-27H,4H2,1-3H3,(H,31,34)/t26-,27-/m1/s1. The zero-order valence-corrected chi connectivity index (χ0v) is 20.3. The van der Waals surface area contributed by atoms with Gasteiger partial charge in [0.1, 0.15) is 5.82 Å². The average Bonchev–Trinajstić information content (AvgIpc) is 3.35. The van der Waals surface area contributed by atoms with Crippen molar-refractivity contribution in [1.29, 1.82) is 0 Å². The molecule has 1 aliphatic rings. The molecule has 0 aliphatic carbocycles. The summed E-state index contributed by atoms with van der Waals surface area (Å²) < 4.78 is 16.8. The second kappa shape index (κ2) is 9.03. The minimum atomic E-state index is -0.246. The molecule has 2 aromatic heterocycles. The number of hydrogen-bond acceptors (Lipinski definition) is 2. The SMILES string of the molecule is CCc1ccc(N2C(=S)N[C@H](c3ccccn3)[C@H]2c2cc(C)n(-c3ccccc3F)c2C)cc1. The Hall–Kier alpha value is -3.51. The number of rotatable bonds is 5. The quantitative estimate of drug-likeness (QED) is 0.344. The summed E-state index contributed by atoms with van der Waals surface area (Å²) in [4.78, 5) is 6.81. The molecule has 34 heavy (non-hydrogen) atoms. The maximum atomic E-state index is 14.8. The lowest BCUT2D eigenvalue weighted by Crippen LogP contribution is -2.29. The number of thiocarbonyl (C=S) groups is 1. The van der Waals surface area contributed by atoms with Crippen molar-refractivity contribution in [3.05, 3.63) is 113 Å². The number of nitrogens with zero attached hydrogens (tertiary/aromatic N) is 3. The zero-order chi connectivity index (χ0) is 23.8. The second-order valence-corrected chi connectivity index (χ2v) is 9.02. The lowest BCUT2D eigenvalue weighted by Gasteiger charge is -2.28. The first-order valence-electron chi connectivity index (χ1n) is 11.5. The van der Waals surface area contributed by atoms with Crippen LogP contribution in [0, 0.1) is 19.7 Å². The molecule has 172 valence electrons. The van der Waals surface area contributed by atoms with Crippen molar-refractivity contribution >= 4 is 23.0 Å². The summed E-state index contributed by atoms with van der Waals surface area (Å²) >= 11 is 5.86. The van der Waals surface area contributed by atoms with E-state index >= 15 is 0 Å². The Kier molecular flexibility index (Phi) is 5.92. The van der Waals surface area contributed by atoms with Crippen LogP contribution in [-0.2, 0) is 6.42 Å². The first-order valence-corrected chi connectivity index (χ1v) is 11.9. The molecule has 1 aliphatic heterocycles. The van der Waals surface area contributed by atoms with Gasteiger partial charge >= 0.3 is 0 Å². The summed E-state index contributed by atoms with van der Waals surface area (Å²) in [6.45, 7) is 6.21. The molecule has 0 spiro atoms. The van der Waals surface area contributed by atoms with Crippen LogP contribution in [0.2, 0.25) is 0 Å². The molecule has 1 saturated heterocycles. The van der Waals surface area contributed by atoms with Gasteiger partial charge in [-0.1, -0.05) is 37.3 Å². The number of nitrogens with one attached hydrogen (secondary N) is 1. The number of hydrogen-bond donors (Lipinski definition) is 1. The van der Waals surface area contributed by atoms with E-state index in [-0.39, 0.29) is 17.9 Å². The van der Waals surface area contributed by atoms with Gasteiger partial charge < -0.3 is 14.8 Å². The van der Waals surface area contributed by atoms with E-state index in [4.69, 9.17) is 12.2 Å². The largest absolute Gasteiger partial charge is 0.351 e. The number of halogens is 1. The third-order valence-electron chi connectivity index (χ3n) is 6.60. The minimum absolute atomic E-state index is 0.137. The molecule has 1 fully saturated rings. The highest BCUT2D eigenvalue weighted by Crippen LogP contribution is 2.43. The van der Waals surface area contributed by atoms with E-state index < -0.39 is 0 Å². The fourth-order valence-corrected chi connectivity index (χ4v) is 5.28. The second-order valence-electron chi connectivity index (χ2n) is 8.63. The van der Waals surface area contributed by atoms with Gasteiger partial charge in [-0.25, -0.2) is 4.39 Å². The first kappa shape index (κ1) is 22.3. The number of aryl methyl sites for hydroxylation is 2. The molecular formula is C28H27FN4S. The number of para-hydroxylation sites is 1. The number of pyridine rings is 1. The third kappa shape index (κ3) is 3.78. The van der Waals surface area contributed by atoms with Crippen molar-refractivity contribution in [2.45, 2.75) is 39.3 Å². The smallest absolute Gasteiger partial charge is 0.174 e. The van der Waals surface area contributed by atoms with E-state index in [1.165, 1.54) is 11.6 Å². The zero-order valence-electron chi connectivity index (χ0n) is 19.5. The molecule has 1 N–H and O–H groups in total. The lowest BCUT2D eigenvalue weighted by molar-refractivity contribution is 0.564. The number of anilines is 1. The summed E-state index contributed by atoms with van der Waals surface area (Å²) in [7, 11) is 0. The van der Waals surface area contributed by atoms with E-state index in [0.717, 1.165) is 34.8 Å². The molecule has 4 aromatic rings. The Balaban J connectivity index is 1.68. The summed E-state index contributed by atoms with van der Waals surface area (Å²) in [6, 6.07) is 23.2. The van der Waals surface area contributed by atoms with Gasteiger partial charge in [-0.3, -0.25) is 4.98 Å². The summed E-state index contributed by atoms with van der Waals surface area (Å²) in [5.41, 5.74) is 6.80. The minimum Gasteiger partial charge on any atom is -0.351 e. The Morgan fingerprint density at radius 2 is 1.74 bits per heavy atom. The van der Waals surface area contributed by atoms with Crippen LogP contribution in [0.25, 0.3) is 5.69 Å². The molecule has 0 saturated carbocycles. The van der Waals surface area contributed by atoms with Crippen LogP contribution in [0.5, 0.6) is 0 Å². The molecule has 2 aromatic carbocycles. The molecule has 0 amide bonds. The number of aromatic nitrogens is 2. The normalized spacial score (nSPS) is 17.8. The third-order valence-corrected chi connectivity index (χ3v) is 6.92. The molecule has 0 radical (unpaired) electrons. The molecular weight excluding hydrogens is 443 g/mol. The molecule has 0 bridgehead atoms. The Morgan fingerprint density at radius 3 is 2.41 bits per heavy atom. The van der Waals surface area contributed by atoms with Gasteiger partial charge in [-0.2, -0.15) is 0 Å². The van der Waals surface area contributed by atoms with Crippen LogP contribution >= 0.6 is 12.2 Å². The fourth-order valence-electron chi connectivity index (χ4n) is 4.93. The van der Waals surface area contributed by atoms with E-state index in [0.29, 0.717) is 10.8 Å².